The number of ether oxygens (including phenoxy) is 1. The first kappa shape index (κ1) is 19.0. The number of hydrogen-bond acceptors (Lipinski definition) is 7. The van der Waals surface area contributed by atoms with Gasteiger partial charge in [0.1, 0.15) is 5.82 Å². The summed E-state index contributed by atoms with van der Waals surface area (Å²) in [5, 5.41) is 17.6. The summed E-state index contributed by atoms with van der Waals surface area (Å²) in [6, 6.07) is 6.54. The van der Waals surface area contributed by atoms with Crippen LogP contribution in [0.3, 0.4) is 0 Å². The van der Waals surface area contributed by atoms with Crippen molar-refractivity contribution in [2.75, 3.05) is 18.5 Å². The Kier molecular flexibility index (Phi) is 5.52. The number of thioether (sulfide) groups is 1. The van der Waals surface area contributed by atoms with E-state index in [2.05, 4.69) is 15.5 Å². The van der Waals surface area contributed by atoms with E-state index < -0.39 is 0 Å². The smallest absolute Gasteiger partial charge is 0.206 e. The molecule has 1 fully saturated rings. The van der Waals surface area contributed by atoms with Crippen molar-refractivity contribution in [3.63, 3.8) is 0 Å². The fourth-order valence-corrected chi connectivity index (χ4v) is 5.63. The van der Waals surface area contributed by atoms with Gasteiger partial charge in [0.25, 0.3) is 0 Å². The third kappa shape index (κ3) is 4.17. The molecular formula is C20H22FN5OS2. The zero-order chi connectivity index (χ0) is 19.6. The van der Waals surface area contributed by atoms with Crippen LogP contribution in [0, 0.1) is 5.82 Å². The summed E-state index contributed by atoms with van der Waals surface area (Å²) in [6.07, 6.45) is 5.74. The van der Waals surface area contributed by atoms with E-state index in [9.17, 15) is 4.39 Å². The summed E-state index contributed by atoms with van der Waals surface area (Å²) in [6.45, 7) is 1.65. The van der Waals surface area contributed by atoms with Crippen molar-refractivity contribution in [1.82, 2.24) is 20.0 Å². The number of halogens is 1. The summed E-state index contributed by atoms with van der Waals surface area (Å²) in [5.41, 5.74) is 4.60. The van der Waals surface area contributed by atoms with Crippen LogP contribution in [0.4, 0.5) is 9.52 Å². The van der Waals surface area contributed by atoms with Gasteiger partial charge < -0.3 is 10.1 Å². The van der Waals surface area contributed by atoms with Crippen molar-refractivity contribution in [3.8, 4) is 5.69 Å². The zero-order valence-corrected chi connectivity index (χ0v) is 17.6. The average Bonchev–Trinajstić information content (AvgIpc) is 3.51. The van der Waals surface area contributed by atoms with Gasteiger partial charge in [-0.15, -0.1) is 10.2 Å². The first-order valence-corrected chi connectivity index (χ1v) is 11.7. The molecule has 0 amide bonds. The normalized spacial score (nSPS) is 18.3. The van der Waals surface area contributed by atoms with E-state index in [0.717, 1.165) is 71.9 Å². The molecule has 29 heavy (non-hydrogen) atoms. The molecular weight excluding hydrogens is 409 g/mol. The maximum atomic E-state index is 13.3. The van der Waals surface area contributed by atoms with Crippen LogP contribution in [0.25, 0.3) is 5.69 Å². The molecule has 1 N–H and O–H groups in total. The van der Waals surface area contributed by atoms with Crippen molar-refractivity contribution in [2.45, 2.75) is 48.3 Å². The second-order valence-corrected chi connectivity index (χ2v) is 9.49. The predicted molar refractivity (Wildman–Crippen MR) is 112 cm³/mol. The molecule has 1 aliphatic carbocycles. The molecule has 1 aromatic carbocycles. The maximum absolute atomic E-state index is 13.3. The molecule has 0 spiro atoms. The average molecular weight is 432 g/mol. The van der Waals surface area contributed by atoms with Crippen LogP contribution in [0.5, 0.6) is 0 Å². The molecule has 2 aromatic heterocycles. The molecule has 5 rings (SSSR count). The van der Waals surface area contributed by atoms with Crippen molar-refractivity contribution in [1.29, 1.82) is 0 Å². The molecule has 152 valence electrons. The number of anilines is 1. The minimum absolute atomic E-state index is 0.228. The standard InChI is InChI=1S/C20H22FN5OS2/c21-13-6-8-14(9-7-13)26-18-5-1-4-16(18)17(25-26)12-28-20-24-23-19(29-20)22-11-15-3-2-10-27-15/h6-9,15H,1-5,10-12H2,(H,22,23). The van der Waals surface area contributed by atoms with Crippen LogP contribution in [0.1, 0.15) is 36.2 Å². The lowest BCUT2D eigenvalue weighted by atomic mass is 10.2. The Balaban J connectivity index is 1.25. The topological polar surface area (TPSA) is 64.9 Å². The molecule has 1 saturated heterocycles. The second-order valence-electron chi connectivity index (χ2n) is 7.29. The van der Waals surface area contributed by atoms with Gasteiger partial charge >= 0.3 is 0 Å². The summed E-state index contributed by atoms with van der Waals surface area (Å²) in [5.74, 6) is 0.533. The summed E-state index contributed by atoms with van der Waals surface area (Å²) < 4.78 is 21.8. The van der Waals surface area contributed by atoms with Gasteiger partial charge in [-0.2, -0.15) is 5.10 Å². The van der Waals surface area contributed by atoms with Crippen LogP contribution in [-0.4, -0.2) is 39.2 Å². The van der Waals surface area contributed by atoms with Crippen LogP contribution in [-0.2, 0) is 23.3 Å². The van der Waals surface area contributed by atoms with Gasteiger partial charge in [-0.05, 0) is 61.9 Å². The number of aromatic nitrogens is 4. The minimum atomic E-state index is -0.228. The summed E-state index contributed by atoms with van der Waals surface area (Å²) >= 11 is 3.24. The highest BCUT2D eigenvalue weighted by atomic mass is 32.2. The lowest BCUT2D eigenvalue weighted by Crippen LogP contribution is -2.18. The Morgan fingerprint density at radius 2 is 2.10 bits per heavy atom. The number of benzene rings is 1. The van der Waals surface area contributed by atoms with Crippen LogP contribution in [0.2, 0.25) is 0 Å². The van der Waals surface area contributed by atoms with Crippen molar-refractivity contribution in [2.24, 2.45) is 0 Å². The predicted octanol–water partition coefficient (Wildman–Crippen LogP) is 4.23. The second kappa shape index (κ2) is 8.41. The molecule has 3 heterocycles. The van der Waals surface area contributed by atoms with Gasteiger partial charge in [0.15, 0.2) is 4.34 Å². The van der Waals surface area contributed by atoms with E-state index in [0.29, 0.717) is 0 Å². The quantitative estimate of drug-likeness (QED) is 0.565. The first-order valence-electron chi connectivity index (χ1n) is 9.93. The molecule has 6 nitrogen and oxygen atoms in total. The Morgan fingerprint density at radius 3 is 2.93 bits per heavy atom. The SMILES string of the molecule is Fc1ccc(-n2nc(CSc3nnc(NCC4CCCO4)s3)c3c2CCC3)cc1. The molecule has 1 atom stereocenters. The van der Waals surface area contributed by atoms with Crippen LogP contribution < -0.4 is 5.32 Å². The van der Waals surface area contributed by atoms with E-state index in [1.807, 2.05) is 4.68 Å². The Bertz CT molecular complexity index is 981. The van der Waals surface area contributed by atoms with Gasteiger partial charge in [0.2, 0.25) is 5.13 Å². The fraction of sp³-hybridized carbons (Fsp3) is 0.450. The monoisotopic (exact) mass is 431 g/mol. The molecule has 1 aliphatic heterocycles. The Morgan fingerprint density at radius 1 is 1.21 bits per heavy atom. The number of nitrogens with zero attached hydrogens (tertiary/aromatic N) is 4. The molecule has 0 bridgehead atoms. The molecule has 0 radical (unpaired) electrons. The highest BCUT2D eigenvalue weighted by Gasteiger charge is 2.23. The van der Waals surface area contributed by atoms with Crippen molar-refractivity contribution in [3.05, 3.63) is 47.0 Å². The number of nitrogens with one attached hydrogen (secondary N) is 1. The molecule has 3 aromatic rings. The van der Waals surface area contributed by atoms with Gasteiger partial charge in [0, 0.05) is 24.6 Å². The Hall–Kier alpha value is -1.97. The summed E-state index contributed by atoms with van der Waals surface area (Å²) in [4.78, 5) is 0. The zero-order valence-electron chi connectivity index (χ0n) is 15.9. The molecule has 9 heteroatoms. The minimum Gasteiger partial charge on any atom is -0.376 e. The fourth-order valence-electron chi connectivity index (χ4n) is 3.90. The number of fused-ring (bicyclic) bond motifs is 1. The third-order valence-electron chi connectivity index (χ3n) is 5.33. The lowest BCUT2D eigenvalue weighted by Gasteiger charge is -2.08. The Labute approximate surface area is 176 Å². The molecule has 0 saturated carbocycles. The van der Waals surface area contributed by atoms with Gasteiger partial charge in [-0.3, -0.25) is 0 Å². The van der Waals surface area contributed by atoms with E-state index in [1.165, 1.54) is 23.4 Å². The van der Waals surface area contributed by atoms with Gasteiger partial charge in [-0.1, -0.05) is 23.1 Å². The van der Waals surface area contributed by atoms with Gasteiger partial charge in [-0.25, -0.2) is 9.07 Å². The lowest BCUT2D eigenvalue weighted by molar-refractivity contribution is 0.120. The number of hydrogen-bond donors (Lipinski definition) is 1. The maximum Gasteiger partial charge on any atom is 0.206 e. The largest absolute Gasteiger partial charge is 0.376 e. The molecule has 1 unspecified atom stereocenters. The van der Waals surface area contributed by atoms with Gasteiger partial charge in [0.05, 0.1) is 17.5 Å². The highest BCUT2D eigenvalue weighted by Crippen LogP contribution is 2.33. The van der Waals surface area contributed by atoms with Crippen LogP contribution >= 0.6 is 23.1 Å². The summed E-state index contributed by atoms with van der Waals surface area (Å²) in [7, 11) is 0. The van der Waals surface area contributed by atoms with Crippen molar-refractivity contribution >= 4 is 28.2 Å². The van der Waals surface area contributed by atoms with Crippen molar-refractivity contribution < 1.29 is 9.13 Å². The van der Waals surface area contributed by atoms with E-state index in [4.69, 9.17) is 9.84 Å². The van der Waals surface area contributed by atoms with E-state index in [-0.39, 0.29) is 11.9 Å². The van der Waals surface area contributed by atoms with Crippen LogP contribution in [0.15, 0.2) is 28.6 Å². The number of rotatable bonds is 7. The first-order chi connectivity index (χ1) is 14.3. The molecule has 2 aliphatic rings. The highest BCUT2D eigenvalue weighted by molar-refractivity contribution is 8.00. The van der Waals surface area contributed by atoms with E-state index >= 15 is 0 Å². The van der Waals surface area contributed by atoms with E-state index in [1.54, 1.807) is 35.2 Å². The third-order valence-corrected chi connectivity index (χ3v) is 7.35.